The molecule has 2 aromatic heterocycles. The molecular formula is C14H16F3N5O. The second-order valence-corrected chi connectivity index (χ2v) is 5.53. The molecule has 0 radical (unpaired) electrons. The highest BCUT2D eigenvalue weighted by molar-refractivity contribution is 6.04. The van der Waals surface area contributed by atoms with Gasteiger partial charge in [-0.1, -0.05) is 0 Å². The number of alkyl halides is 3. The van der Waals surface area contributed by atoms with Crippen LogP contribution in [0.1, 0.15) is 29.0 Å². The first-order valence-corrected chi connectivity index (χ1v) is 7.27. The fourth-order valence-electron chi connectivity index (χ4n) is 2.43. The molecule has 2 heterocycles. The highest BCUT2D eigenvalue weighted by Crippen LogP contribution is 2.31. The van der Waals surface area contributed by atoms with Crippen molar-refractivity contribution in [3.8, 4) is 0 Å². The number of amides is 1. The molecule has 0 spiro atoms. The molecule has 2 aromatic rings. The van der Waals surface area contributed by atoms with Crippen molar-refractivity contribution < 1.29 is 18.0 Å². The van der Waals surface area contributed by atoms with E-state index in [1.165, 1.54) is 19.4 Å². The molecule has 1 saturated carbocycles. The van der Waals surface area contributed by atoms with E-state index in [9.17, 15) is 18.0 Å². The summed E-state index contributed by atoms with van der Waals surface area (Å²) in [5.41, 5.74) is 0.253. The number of carbonyl (C=O) groups excluding carboxylic acids is 1. The van der Waals surface area contributed by atoms with Crippen LogP contribution in [-0.2, 0) is 13.2 Å². The second kappa shape index (κ2) is 5.80. The third kappa shape index (κ3) is 3.29. The van der Waals surface area contributed by atoms with E-state index in [0.29, 0.717) is 19.1 Å². The summed E-state index contributed by atoms with van der Waals surface area (Å²) in [4.78, 5) is 19.6. The van der Waals surface area contributed by atoms with Gasteiger partial charge >= 0.3 is 6.18 Å². The van der Waals surface area contributed by atoms with Gasteiger partial charge in [0.1, 0.15) is 5.52 Å². The first kappa shape index (κ1) is 15.7. The number of aryl methyl sites for hydroxylation is 1. The van der Waals surface area contributed by atoms with Crippen LogP contribution in [0.25, 0.3) is 11.0 Å². The van der Waals surface area contributed by atoms with Gasteiger partial charge in [-0.3, -0.25) is 9.78 Å². The zero-order valence-electron chi connectivity index (χ0n) is 12.4. The number of aromatic nitrogens is 3. The molecule has 1 amide bonds. The predicted octanol–water partition coefficient (Wildman–Crippen LogP) is 1.47. The van der Waals surface area contributed by atoms with Gasteiger partial charge in [0.2, 0.25) is 5.82 Å². The van der Waals surface area contributed by atoms with E-state index in [4.69, 9.17) is 0 Å². The number of nitrogens with zero attached hydrogens (tertiary/aromatic N) is 3. The highest BCUT2D eigenvalue weighted by Gasteiger charge is 2.37. The maximum absolute atomic E-state index is 12.9. The molecule has 0 bridgehead atoms. The summed E-state index contributed by atoms with van der Waals surface area (Å²) < 4.78 is 39.7. The molecule has 0 aromatic carbocycles. The first-order valence-electron chi connectivity index (χ1n) is 7.27. The van der Waals surface area contributed by atoms with Gasteiger partial charge in [0.05, 0.1) is 17.3 Å². The molecule has 3 rings (SSSR count). The smallest absolute Gasteiger partial charge is 0.351 e. The van der Waals surface area contributed by atoms with Crippen molar-refractivity contribution >= 4 is 16.9 Å². The lowest BCUT2D eigenvalue weighted by atomic mass is 10.2. The van der Waals surface area contributed by atoms with Crippen LogP contribution in [0.3, 0.4) is 0 Å². The molecule has 1 aliphatic rings. The van der Waals surface area contributed by atoms with Crippen LogP contribution >= 0.6 is 0 Å². The molecule has 0 atom stereocenters. The Labute approximate surface area is 130 Å². The standard InChI is InChI=1S/C14H16F3N5O/c1-22-11-9(12(23)20-5-4-19-8-2-3-8)6-18-7-10(11)21-13(22)14(15,16)17/h6-8,19H,2-5H2,1H3,(H,20,23). The van der Waals surface area contributed by atoms with E-state index in [0.717, 1.165) is 17.4 Å². The summed E-state index contributed by atoms with van der Waals surface area (Å²) in [6.07, 6.45) is 0.179. The quantitative estimate of drug-likeness (QED) is 0.816. The minimum atomic E-state index is -4.59. The first-order chi connectivity index (χ1) is 10.9. The molecule has 0 unspecified atom stereocenters. The van der Waals surface area contributed by atoms with E-state index >= 15 is 0 Å². The monoisotopic (exact) mass is 327 g/mol. The molecule has 23 heavy (non-hydrogen) atoms. The van der Waals surface area contributed by atoms with Crippen LogP contribution in [0.5, 0.6) is 0 Å². The maximum atomic E-state index is 12.9. The molecule has 6 nitrogen and oxygen atoms in total. The van der Waals surface area contributed by atoms with Crippen molar-refractivity contribution in [2.75, 3.05) is 13.1 Å². The molecule has 0 aliphatic heterocycles. The summed E-state index contributed by atoms with van der Waals surface area (Å²) in [6, 6.07) is 0.531. The molecule has 124 valence electrons. The van der Waals surface area contributed by atoms with Gasteiger partial charge in [0.15, 0.2) is 0 Å². The lowest BCUT2D eigenvalue weighted by Crippen LogP contribution is -2.33. The Morgan fingerprint density at radius 3 is 2.74 bits per heavy atom. The lowest BCUT2D eigenvalue weighted by molar-refractivity contribution is -0.146. The summed E-state index contributed by atoms with van der Waals surface area (Å²) in [6.45, 7) is 1.02. The van der Waals surface area contributed by atoms with E-state index in [1.807, 2.05) is 0 Å². The van der Waals surface area contributed by atoms with Crippen molar-refractivity contribution in [3.05, 3.63) is 23.8 Å². The summed E-state index contributed by atoms with van der Waals surface area (Å²) >= 11 is 0. The Morgan fingerprint density at radius 1 is 1.35 bits per heavy atom. The van der Waals surface area contributed by atoms with E-state index in [1.54, 1.807) is 0 Å². The number of carbonyl (C=O) groups is 1. The van der Waals surface area contributed by atoms with Crippen molar-refractivity contribution in [3.63, 3.8) is 0 Å². The van der Waals surface area contributed by atoms with Crippen LogP contribution in [0.15, 0.2) is 12.4 Å². The van der Waals surface area contributed by atoms with Crippen LogP contribution in [0.2, 0.25) is 0 Å². The summed E-state index contributed by atoms with van der Waals surface area (Å²) in [5, 5.41) is 5.92. The van der Waals surface area contributed by atoms with Crippen molar-refractivity contribution in [1.82, 2.24) is 25.2 Å². The van der Waals surface area contributed by atoms with E-state index in [-0.39, 0.29) is 16.6 Å². The topological polar surface area (TPSA) is 71.8 Å². The van der Waals surface area contributed by atoms with Crippen LogP contribution < -0.4 is 10.6 Å². The second-order valence-electron chi connectivity index (χ2n) is 5.53. The fraction of sp³-hybridized carbons (Fsp3) is 0.500. The molecule has 1 aliphatic carbocycles. The fourth-order valence-corrected chi connectivity index (χ4v) is 2.43. The minimum absolute atomic E-state index is 0.0450. The molecular weight excluding hydrogens is 311 g/mol. The zero-order chi connectivity index (χ0) is 16.6. The summed E-state index contributed by atoms with van der Waals surface area (Å²) in [5.74, 6) is -1.51. The number of nitrogens with one attached hydrogen (secondary N) is 2. The van der Waals surface area contributed by atoms with Gasteiger partial charge in [-0.25, -0.2) is 4.98 Å². The zero-order valence-corrected chi connectivity index (χ0v) is 12.4. The Balaban J connectivity index is 1.81. The number of halogens is 3. The van der Waals surface area contributed by atoms with Crippen LogP contribution in [-0.4, -0.2) is 39.6 Å². The lowest BCUT2D eigenvalue weighted by Gasteiger charge is -2.09. The van der Waals surface area contributed by atoms with E-state index in [2.05, 4.69) is 20.6 Å². The largest absolute Gasteiger partial charge is 0.449 e. The predicted molar refractivity (Wildman–Crippen MR) is 76.9 cm³/mol. The average Bonchev–Trinajstić information content (AvgIpc) is 3.25. The Hall–Kier alpha value is -2.16. The van der Waals surface area contributed by atoms with Crippen LogP contribution in [0, 0.1) is 0 Å². The molecule has 1 fully saturated rings. The van der Waals surface area contributed by atoms with Gasteiger partial charge in [-0.15, -0.1) is 0 Å². The number of hydrogen-bond acceptors (Lipinski definition) is 4. The summed E-state index contributed by atoms with van der Waals surface area (Å²) in [7, 11) is 1.24. The van der Waals surface area contributed by atoms with Gasteiger partial charge in [0, 0.05) is 32.4 Å². The number of imidazole rings is 1. The van der Waals surface area contributed by atoms with Gasteiger partial charge in [-0.2, -0.15) is 13.2 Å². The molecule has 2 N–H and O–H groups in total. The molecule has 0 saturated heterocycles. The van der Waals surface area contributed by atoms with Gasteiger partial charge in [-0.05, 0) is 12.8 Å². The number of fused-ring (bicyclic) bond motifs is 1. The highest BCUT2D eigenvalue weighted by atomic mass is 19.4. The van der Waals surface area contributed by atoms with Gasteiger partial charge < -0.3 is 15.2 Å². The normalized spacial score (nSPS) is 15.1. The number of hydrogen-bond donors (Lipinski definition) is 2. The van der Waals surface area contributed by atoms with Crippen molar-refractivity contribution in [1.29, 1.82) is 0 Å². The van der Waals surface area contributed by atoms with Crippen LogP contribution in [0.4, 0.5) is 13.2 Å². The van der Waals surface area contributed by atoms with Gasteiger partial charge in [0.25, 0.3) is 5.91 Å². The minimum Gasteiger partial charge on any atom is -0.351 e. The Kier molecular flexibility index (Phi) is 3.97. The Bertz CT molecular complexity index is 736. The van der Waals surface area contributed by atoms with E-state index < -0.39 is 17.9 Å². The SMILES string of the molecule is Cn1c(C(F)(F)F)nc2cncc(C(=O)NCCNC3CC3)c21. The number of rotatable bonds is 5. The number of pyridine rings is 1. The third-order valence-electron chi connectivity index (χ3n) is 3.70. The average molecular weight is 327 g/mol. The third-order valence-corrected chi connectivity index (χ3v) is 3.70. The van der Waals surface area contributed by atoms with Crippen molar-refractivity contribution in [2.45, 2.75) is 25.1 Å². The Morgan fingerprint density at radius 2 is 2.09 bits per heavy atom. The molecule has 9 heteroatoms. The van der Waals surface area contributed by atoms with Crippen molar-refractivity contribution in [2.24, 2.45) is 7.05 Å². The maximum Gasteiger partial charge on any atom is 0.449 e.